The maximum atomic E-state index is 9.80. The lowest BCUT2D eigenvalue weighted by Crippen LogP contribution is -2.37. The van der Waals surface area contributed by atoms with E-state index >= 15 is 0 Å². The highest BCUT2D eigenvalue weighted by molar-refractivity contribution is 5.79. The summed E-state index contributed by atoms with van der Waals surface area (Å²) in [7, 11) is 0. The van der Waals surface area contributed by atoms with Crippen molar-refractivity contribution in [1.29, 1.82) is 0 Å². The van der Waals surface area contributed by atoms with Gasteiger partial charge in [-0.2, -0.15) is 0 Å². The summed E-state index contributed by atoms with van der Waals surface area (Å²) in [6.45, 7) is 3.23. The fourth-order valence-corrected chi connectivity index (χ4v) is 1.69. The number of hydrogen-bond acceptors (Lipinski definition) is 2. The molecule has 0 saturated carbocycles. The average molecular weight is 219 g/mol. The van der Waals surface area contributed by atoms with E-state index in [1.165, 1.54) is 0 Å². The van der Waals surface area contributed by atoms with Gasteiger partial charge in [0, 0.05) is 18.1 Å². The van der Waals surface area contributed by atoms with Crippen LogP contribution >= 0.6 is 0 Å². The zero-order valence-electron chi connectivity index (χ0n) is 9.57. The predicted octanol–water partition coefficient (Wildman–Crippen LogP) is 1.84. The lowest BCUT2D eigenvalue weighted by atomic mass is 9.95. The third kappa shape index (κ3) is 2.26. The van der Waals surface area contributed by atoms with Crippen LogP contribution in [-0.2, 0) is 6.42 Å². The molecule has 0 aliphatic rings. The topological polar surface area (TPSA) is 56.2 Å². The molecular weight excluding hydrogens is 202 g/mol. The van der Waals surface area contributed by atoms with Gasteiger partial charge in [-0.05, 0) is 36.9 Å². The number of H-pyrrole nitrogens is 1. The highest BCUT2D eigenvalue weighted by Crippen LogP contribution is 2.18. The van der Waals surface area contributed by atoms with E-state index in [1.807, 2.05) is 30.5 Å². The van der Waals surface area contributed by atoms with Crippen LogP contribution in [0.25, 0.3) is 10.9 Å². The number of aliphatic hydroxyl groups excluding tert-OH is 1. The largest absolute Gasteiger partial charge is 0.390 e. The zero-order chi connectivity index (χ0) is 11.8. The van der Waals surface area contributed by atoms with Gasteiger partial charge in [0.25, 0.3) is 0 Å². The van der Waals surface area contributed by atoms with Crippen LogP contribution in [0.15, 0.2) is 30.5 Å². The lowest BCUT2D eigenvalue weighted by Gasteiger charge is -2.24. The molecular formula is C13H17NO2. The minimum Gasteiger partial charge on any atom is -0.390 e. The number of fused-ring (bicyclic) bond motifs is 1. The Balaban J connectivity index is 2.21. The fraction of sp³-hybridized carbons (Fsp3) is 0.385. The molecule has 86 valence electrons. The molecule has 1 atom stereocenters. The number of rotatable bonds is 3. The molecule has 3 heteroatoms. The van der Waals surface area contributed by atoms with Crippen LogP contribution in [0, 0.1) is 0 Å². The molecule has 0 aliphatic carbocycles. The van der Waals surface area contributed by atoms with E-state index in [4.69, 9.17) is 0 Å². The molecule has 0 saturated heterocycles. The Bertz CT molecular complexity index is 482. The third-order valence-corrected chi connectivity index (χ3v) is 2.86. The van der Waals surface area contributed by atoms with Crippen LogP contribution in [0.2, 0.25) is 0 Å². The zero-order valence-corrected chi connectivity index (χ0v) is 9.57. The summed E-state index contributed by atoms with van der Waals surface area (Å²) >= 11 is 0. The maximum Gasteiger partial charge on any atom is 0.0861 e. The molecule has 3 nitrogen and oxygen atoms in total. The first-order valence-corrected chi connectivity index (χ1v) is 5.43. The Hall–Kier alpha value is -1.32. The first-order chi connectivity index (χ1) is 7.47. The van der Waals surface area contributed by atoms with Crippen LogP contribution in [0.4, 0.5) is 0 Å². The van der Waals surface area contributed by atoms with Gasteiger partial charge in [-0.25, -0.2) is 0 Å². The van der Waals surface area contributed by atoms with E-state index in [1.54, 1.807) is 13.8 Å². The summed E-state index contributed by atoms with van der Waals surface area (Å²) < 4.78 is 0. The summed E-state index contributed by atoms with van der Waals surface area (Å²) in [6.07, 6.45) is 1.60. The smallest absolute Gasteiger partial charge is 0.0861 e. The van der Waals surface area contributed by atoms with Crippen LogP contribution in [0.1, 0.15) is 19.4 Å². The standard InChI is InChI=1S/C13H17NO2/c1-13(2,16)12(15)8-9-3-4-10-5-6-14-11(10)7-9/h3-7,12,14-16H,8H2,1-2H3/t12-/m1/s1. The summed E-state index contributed by atoms with van der Waals surface area (Å²) in [5, 5.41) is 20.6. The lowest BCUT2D eigenvalue weighted by molar-refractivity contribution is -0.0469. The summed E-state index contributed by atoms with van der Waals surface area (Å²) in [6, 6.07) is 8.00. The van der Waals surface area contributed by atoms with Crippen molar-refractivity contribution < 1.29 is 10.2 Å². The van der Waals surface area contributed by atoms with Gasteiger partial charge in [0.15, 0.2) is 0 Å². The third-order valence-electron chi connectivity index (χ3n) is 2.86. The van der Waals surface area contributed by atoms with E-state index in [-0.39, 0.29) is 0 Å². The molecule has 1 aromatic carbocycles. The van der Waals surface area contributed by atoms with Crippen LogP contribution in [0.5, 0.6) is 0 Å². The molecule has 0 fully saturated rings. The Morgan fingerprint density at radius 1 is 1.31 bits per heavy atom. The van der Waals surface area contributed by atoms with Crippen molar-refractivity contribution in [3.8, 4) is 0 Å². The molecule has 16 heavy (non-hydrogen) atoms. The van der Waals surface area contributed by atoms with Gasteiger partial charge in [-0.3, -0.25) is 0 Å². The molecule has 0 amide bonds. The first kappa shape index (κ1) is 11.2. The highest BCUT2D eigenvalue weighted by Gasteiger charge is 2.24. The van der Waals surface area contributed by atoms with Crippen molar-refractivity contribution >= 4 is 10.9 Å². The van der Waals surface area contributed by atoms with Crippen molar-refractivity contribution in [3.05, 3.63) is 36.0 Å². The van der Waals surface area contributed by atoms with Gasteiger partial charge < -0.3 is 15.2 Å². The minimum absolute atomic E-state index is 0.457. The average Bonchev–Trinajstić information content (AvgIpc) is 2.63. The number of nitrogens with one attached hydrogen (secondary N) is 1. The Morgan fingerprint density at radius 2 is 2.06 bits per heavy atom. The van der Waals surface area contributed by atoms with Crippen molar-refractivity contribution in [2.45, 2.75) is 32.0 Å². The minimum atomic E-state index is -1.06. The molecule has 1 aromatic heterocycles. The molecule has 0 radical (unpaired) electrons. The Morgan fingerprint density at radius 3 is 2.75 bits per heavy atom. The number of aromatic nitrogens is 1. The highest BCUT2D eigenvalue weighted by atomic mass is 16.3. The van der Waals surface area contributed by atoms with Crippen molar-refractivity contribution in [3.63, 3.8) is 0 Å². The molecule has 0 aliphatic heterocycles. The first-order valence-electron chi connectivity index (χ1n) is 5.43. The second-order valence-electron chi connectivity index (χ2n) is 4.77. The van der Waals surface area contributed by atoms with E-state index in [2.05, 4.69) is 4.98 Å². The number of benzene rings is 1. The van der Waals surface area contributed by atoms with Gasteiger partial charge in [-0.1, -0.05) is 12.1 Å². The SMILES string of the molecule is CC(C)(O)[C@H](O)Cc1ccc2cc[nH]c2c1. The van der Waals surface area contributed by atoms with Crippen LogP contribution < -0.4 is 0 Å². The van der Waals surface area contributed by atoms with Gasteiger partial charge in [0.1, 0.15) is 0 Å². The number of hydrogen-bond donors (Lipinski definition) is 3. The Kier molecular flexibility index (Phi) is 2.74. The number of aromatic amines is 1. The summed E-state index contributed by atoms with van der Waals surface area (Å²) in [4.78, 5) is 3.13. The van der Waals surface area contributed by atoms with E-state index in [0.717, 1.165) is 16.5 Å². The molecule has 0 unspecified atom stereocenters. The van der Waals surface area contributed by atoms with E-state index < -0.39 is 11.7 Å². The summed E-state index contributed by atoms with van der Waals surface area (Å²) in [5.74, 6) is 0. The predicted molar refractivity (Wildman–Crippen MR) is 64.3 cm³/mol. The van der Waals surface area contributed by atoms with E-state index in [0.29, 0.717) is 6.42 Å². The van der Waals surface area contributed by atoms with Gasteiger partial charge in [0.2, 0.25) is 0 Å². The second-order valence-corrected chi connectivity index (χ2v) is 4.77. The second kappa shape index (κ2) is 3.92. The van der Waals surface area contributed by atoms with Gasteiger partial charge in [0.05, 0.1) is 11.7 Å². The monoisotopic (exact) mass is 219 g/mol. The normalized spacial score (nSPS) is 14.2. The van der Waals surface area contributed by atoms with Crippen LogP contribution in [-0.4, -0.2) is 26.9 Å². The van der Waals surface area contributed by atoms with Gasteiger partial charge >= 0.3 is 0 Å². The van der Waals surface area contributed by atoms with E-state index in [9.17, 15) is 10.2 Å². The molecule has 1 heterocycles. The van der Waals surface area contributed by atoms with Gasteiger partial charge in [-0.15, -0.1) is 0 Å². The molecule has 0 spiro atoms. The summed E-state index contributed by atoms with van der Waals surface area (Å²) in [5.41, 5.74) is 1.01. The fourth-order valence-electron chi connectivity index (χ4n) is 1.69. The van der Waals surface area contributed by atoms with Crippen molar-refractivity contribution in [1.82, 2.24) is 4.98 Å². The molecule has 2 rings (SSSR count). The maximum absolute atomic E-state index is 9.80. The quantitative estimate of drug-likeness (QED) is 0.737. The number of aliphatic hydroxyl groups is 2. The molecule has 2 aromatic rings. The molecule has 3 N–H and O–H groups in total. The molecule has 0 bridgehead atoms. The Labute approximate surface area is 94.7 Å². The van der Waals surface area contributed by atoms with Crippen molar-refractivity contribution in [2.75, 3.05) is 0 Å². The van der Waals surface area contributed by atoms with Crippen LogP contribution in [0.3, 0.4) is 0 Å². The van der Waals surface area contributed by atoms with Crippen molar-refractivity contribution in [2.24, 2.45) is 0 Å².